The maximum Gasteiger partial charge on any atom is 0.243 e. The van der Waals surface area contributed by atoms with Gasteiger partial charge in [-0.05, 0) is 30.5 Å². The average Bonchev–Trinajstić information content (AvgIpc) is 2.55. The fourth-order valence-corrected chi connectivity index (χ4v) is 2.38. The maximum absolute atomic E-state index is 12.1. The molecule has 3 aromatic carbocycles. The van der Waals surface area contributed by atoms with Crippen LogP contribution in [0.15, 0.2) is 66.7 Å². The Kier molecular flexibility index (Phi) is 4.05. The smallest absolute Gasteiger partial charge is 0.243 e. The number of carbonyl (C=O) groups excluding carboxylic acids is 1. The van der Waals surface area contributed by atoms with E-state index in [1.54, 1.807) is 0 Å². The second-order valence-corrected chi connectivity index (χ2v) is 5.29. The predicted octanol–water partition coefficient (Wildman–Crippen LogP) is 4.20. The van der Waals surface area contributed by atoms with Crippen LogP contribution in [0.3, 0.4) is 0 Å². The molecular weight excluding hydrogens is 272 g/mol. The summed E-state index contributed by atoms with van der Waals surface area (Å²) in [6.45, 7) is 2.28. The monoisotopic (exact) mass is 290 g/mol. The molecule has 0 atom stereocenters. The molecule has 0 heterocycles. The number of anilines is 2. The van der Waals surface area contributed by atoms with E-state index in [1.807, 2.05) is 73.7 Å². The van der Waals surface area contributed by atoms with E-state index in [0.29, 0.717) is 0 Å². The van der Waals surface area contributed by atoms with Crippen LogP contribution in [-0.4, -0.2) is 12.5 Å². The predicted molar refractivity (Wildman–Crippen MR) is 92.2 cm³/mol. The molecule has 0 aromatic heterocycles. The second kappa shape index (κ2) is 6.31. The molecule has 3 aromatic rings. The minimum Gasteiger partial charge on any atom is -0.376 e. The van der Waals surface area contributed by atoms with Crippen molar-refractivity contribution in [3.63, 3.8) is 0 Å². The first-order valence-corrected chi connectivity index (χ1v) is 7.30. The summed E-state index contributed by atoms with van der Waals surface area (Å²) >= 11 is 0. The molecule has 0 fully saturated rings. The molecule has 0 unspecified atom stereocenters. The fraction of sp³-hybridized carbons (Fsp3) is 0.105. The number of carbonyl (C=O) groups is 1. The van der Waals surface area contributed by atoms with E-state index in [-0.39, 0.29) is 12.5 Å². The summed E-state index contributed by atoms with van der Waals surface area (Å²) in [4.78, 5) is 12.1. The highest BCUT2D eigenvalue weighted by molar-refractivity contribution is 6.03. The normalized spacial score (nSPS) is 10.4. The lowest BCUT2D eigenvalue weighted by Crippen LogP contribution is -2.21. The van der Waals surface area contributed by atoms with E-state index >= 15 is 0 Å². The number of hydrogen-bond acceptors (Lipinski definition) is 2. The van der Waals surface area contributed by atoms with Crippen LogP contribution in [0.5, 0.6) is 0 Å². The quantitative estimate of drug-likeness (QED) is 0.756. The molecule has 0 radical (unpaired) electrons. The van der Waals surface area contributed by atoms with Crippen molar-refractivity contribution in [3.8, 4) is 0 Å². The molecule has 0 bridgehead atoms. The van der Waals surface area contributed by atoms with Crippen molar-refractivity contribution in [2.45, 2.75) is 6.92 Å². The summed E-state index contributed by atoms with van der Waals surface area (Å²) in [5, 5.41) is 8.26. The number of hydrogen-bond donors (Lipinski definition) is 2. The van der Waals surface area contributed by atoms with Crippen molar-refractivity contribution < 1.29 is 4.79 Å². The van der Waals surface area contributed by atoms with Crippen LogP contribution in [0.4, 0.5) is 11.4 Å². The second-order valence-electron chi connectivity index (χ2n) is 5.29. The number of amides is 1. The van der Waals surface area contributed by atoms with Gasteiger partial charge in [0.1, 0.15) is 0 Å². The van der Waals surface area contributed by atoms with Crippen molar-refractivity contribution in [1.29, 1.82) is 0 Å². The Morgan fingerprint density at radius 3 is 2.45 bits per heavy atom. The van der Waals surface area contributed by atoms with Gasteiger partial charge in [0.2, 0.25) is 5.91 Å². The Morgan fingerprint density at radius 2 is 1.64 bits per heavy atom. The van der Waals surface area contributed by atoms with E-state index in [2.05, 4.69) is 10.6 Å². The van der Waals surface area contributed by atoms with Crippen LogP contribution >= 0.6 is 0 Å². The lowest BCUT2D eigenvalue weighted by molar-refractivity contribution is -0.114. The van der Waals surface area contributed by atoms with E-state index in [0.717, 1.165) is 22.1 Å². The minimum absolute atomic E-state index is 0.0584. The molecule has 0 aliphatic rings. The molecule has 0 spiro atoms. The first kappa shape index (κ1) is 14.1. The summed E-state index contributed by atoms with van der Waals surface area (Å²) in [7, 11) is 0. The number of rotatable bonds is 4. The lowest BCUT2D eigenvalue weighted by atomic mass is 10.1. The van der Waals surface area contributed by atoms with Crippen LogP contribution in [0.1, 0.15) is 5.56 Å². The highest BCUT2D eigenvalue weighted by atomic mass is 16.1. The zero-order chi connectivity index (χ0) is 15.4. The molecule has 3 rings (SSSR count). The third-order valence-electron chi connectivity index (χ3n) is 3.57. The molecule has 0 aliphatic carbocycles. The van der Waals surface area contributed by atoms with Gasteiger partial charge >= 0.3 is 0 Å². The van der Waals surface area contributed by atoms with Gasteiger partial charge in [0.25, 0.3) is 0 Å². The van der Waals surface area contributed by atoms with Crippen molar-refractivity contribution in [2.75, 3.05) is 17.2 Å². The third-order valence-corrected chi connectivity index (χ3v) is 3.57. The van der Waals surface area contributed by atoms with E-state index in [1.165, 1.54) is 5.56 Å². The Hall–Kier alpha value is -2.81. The van der Waals surface area contributed by atoms with Gasteiger partial charge in [-0.1, -0.05) is 54.1 Å². The van der Waals surface area contributed by atoms with Crippen LogP contribution in [0, 0.1) is 6.92 Å². The molecule has 110 valence electrons. The summed E-state index contributed by atoms with van der Waals surface area (Å²) in [5.74, 6) is -0.0584. The molecule has 0 aliphatic heterocycles. The molecule has 1 amide bonds. The Balaban J connectivity index is 1.67. The standard InChI is InChI=1S/C19H18N2O/c1-14-9-11-16(12-10-14)20-13-19(22)21-18-8-4-6-15-5-2-3-7-17(15)18/h2-12,20H,13H2,1H3,(H,21,22). The van der Waals surface area contributed by atoms with Crippen LogP contribution in [0.2, 0.25) is 0 Å². The maximum atomic E-state index is 12.1. The molecule has 0 saturated heterocycles. The average molecular weight is 290 g/mol. The van der Waals surface area contributed by atoms with Gasteiger partial charge in [0.15, 0.2) is 0 Å². The van der Waals surface area contributed by atoms with Crippen LogP contribution in [-0.2, 0) is 4.79 Å². The van der Waals surface area contributed by atoms with Gasteiger partial charge in [-0.15, -0.1) is 0 Å². The van der Waals surface area contributed by atoms with Gasteiger partial charge in [-0.2, -0.15) is 0 Å². The van der Waals surface area contributed by atoms with Crippen molar-refractivity contribution in [1.82, 2.24) is 0 Å². The van der Waals surface area contributed by atoms with Crippen LogP contribution < -0.4 is 10.6 Å². The summed E-state index contributed by atoms with van der Waals surface area (Å²) < 4.78 is 0. The topological polar surface area (TPSA) is 41.1 Å². The van der Waals surface area contributed by atoms with Crippen molar-refractivity contribution >= 4 is 28.1 Å². The van der Waals surface area contributed by atoms with Crippen LogP contribution in [0.25, 0.3) is 10.8 Å². The Bertz CT molecular complexity index is 789. The summed E-state index contributed by atoms with van der Waals surface area (Å²) in [6.07, 6.45) is 0. The number of fused-ring (bicyclic) bond motifs is 1. The van der Waals surface area contributed by atoms with Gasteiger partial charge in [-0.3, -0.25) is 4.79 Å². The zero-order valence-corrected chi connectivity index (χ0v) is 12.5. The molecule has 3 heteroatoms. The molecule has 22 heavy (non-hydrogen) atoms. The third kappa shape index (κ3) is 3.26. The molecule has 0 saturated carbocycles. The van der Waals surface area contributed by atoms with E-state index in [9.17, 15) is 4.79 Å². The summed E-state index contributed by atoms with van der Waals surface area (Å²) in [6, 6.07) is 21.9. The first-order valence-electron chi connectivity index (χ1n) is 7.30. The highest BCUT2D eigenvalue weighted by Gasteiger charge is 2.05. The summed E-state index contributed by atoms with van der Waals surface area (Å²) in [5.41, 5.74) is 2.98. The molecule has 2 N–H and O–H groups in total. The van der Waals surface area contributed by atoms with Crippen molar-refractivity contribution in [3.05, 3.63) is 72.3 Å². The van der Waals surface area contributed by atoms with Gasteiger partial charge < -0.3 is 10.6 Å². The zero-order valence-electron chi connectivity index (χ0n) is 12.5. The van der Waals surface area contributed by atoms with Gasteiger partial charge in [0.05, 0.1) is 6.54 Å². The first-order chi connectivity index (χ1) is 10.7. The SMILES string of the molecule is Cc1ccc(NCC(=O)Nc2cccc3ccccc23)cc1. The molecule has 3 nitrogen and oxygen atoms in total. The number of nitrogens with one attached hydrogen (secondary N) is 2. The van der Waals surface area contributed by atoms with E-state index in [4.69, 9.17) is 0 Å². The van der Waals surface area contributed by atoms with Gasteiger partial charge in [-0.25, -0.2) is 0 Å². The Morgan fingerprint density at radius 1 is 0.909 bits per heavy atom. The lowest BCUT2D eigenvalue weighted by Gasteiger charge is -2.10. The van der Waals surface area contributed by atoms with Crippen molar-refractivity contribution in [2.24, 2.45) is 0 Å². The van der Waals surface area contributed by atoms with Gasteiger partial charge in [0, 0.05) is 16.8 Å². The number of benzene rings is 3. The number of aryl methyl sites for hydroxylation is 1. The largest absolute Gasteiger partial charge is 0.376 e. The molecular formula is C19H18N2O. The fourth-order valence-electron chi connectivity index (χ4n) is 2.38. The minimum atomic E-state index is -0.0584. The highest BCUT2D eigenvalue weighted by Crippen LogP contribution is 2.22. The van der Waals surface area contributed by atoms with E-state index < -0.39 is 0 Å². The Labute approximate surface area is 130 Å².